The molecule has 1 amide bonds. The lowest BCUT2D eigenvalue weighted by Crippen LogP contribution is -2.26. The van der Waals surface area contributed by atoms with Gasteiger partial charge in [-0.1, -0.05) is 29.8 Å². The van der Waals surface area contributed by atoms with Crippen LogP contribution in [0.3, 0.4) is 0 Å². The number of non-ortho nitro benzene ring substituents is 2. The molecule has 0 aromatic heterocycles. The molecule has 2 rings (SSSR count). The maximum Gasteiger partial charge on any atom is 0.277 e. The predicted molar refractivity (Wildman–Crippen MR) is 87.0 cm³/mol. The molecule has 0 atom stereocenters. The van der Waals surface area contributed by atoms with Crippen LogP contribution in [0, 0.1) is 20.2 Å². The van der Waals surface area contributed by atoms with E-state index in [2.05, 4.69) is 0 Å². The molecule has 24 heavy (non-hydrogen) atoms. The monoisotopic (exact) mass is 349 g/mol. The van der Waals surface area contributed by atoms with Gasteiger partial charge in [-0.2, -0.15) is 0 Å². The first-order chi connectivity index (χ1) is 11.3. The van der Waals surface area contributed by atoms with Crippen molar-refractivity contribution in [3.63, 3.8) is 0 Å². The molecule has 0 saturated carbocycles. The molecule has 8 nitrogen and oxygen atoms in total. The minimum Gasteiger partial charge on any atom is -0.337 e. The third-order valence-corrected chi connectivity index (χ3v) is 3.65. The Morgan fingerprint density at radius 1 is 1.08 bits per heavy atom. The highest BCUT2D eigenvalue weighted by Crippen LogP contribution is 2.24. The van der Waals surface area contributed by atoms with Crippen molar-refractivity contribution in [3.05, 3.63) is 78.8 Å². The molecule has 0 heterocycles. The smallest absolute Gasteiger partial charge is 0.277 e. The zero-order chi connectivity index (χ0) is 17.9. The number of halogens is 1. The molecule has 0 radical (unpaired) electrons. The van der Waals surface area contributed by atoms with Gasteiger partial charge in [0, 0.05) is 30.7 Å². The van der Waals surface area contributed by atoms with Gasteiger partial charge in [-0.05, 0) is 11.6 Å². The van der Waals surface area contributed by atoms with E-state index in [1.165, 1.54) is 11.9 Å². The van der Waals surface area contributed by atoms with Gasteiger partial charge in [0.15, 0.2) is 0 Å². The van der Waals surface area contributed by atoms with Crippen LogP contribution >= 0.6 is 11.6 Å². The third-order valence-electron chi connectivity index (χ3n) is 3.28. The van der Waals surface area contributed by atoms with Crippen LogP contribution in [0.1, 0.15) is 15.9 Å². The number of carbonyl (C=O) groups excluding carboxylic acids is 1. The first-order valence-corrected chi connectivity index (χ1v) is 7.10. The molecule has 0 bridgehead atoms. The van der Waals surface area contributed by atoms with Crippen LogP contribution in [0.5, 0.6) is 0 Å². The minimum atomic E-state index is -0.780. The Morgan fingerprint density at radius 2 is 1.62 bits per heavy atom. The van der Waals surface area contributed by atoms with Crippen molar-refractivity contribution >= 4 is 28.9 Å². The Morgan fingerprint density at radius 3 is 2.12 bits per heavy atom. The van der Waals surface area contributed by atoms with E-state index in [1.807, 2.05) is 0 Å². The molecule has 2 aromatic rings. The number of nitrogens with zero attached hydrogens (tertiary/aromatic N) is 3. The van der Waals surface area contributed by atoms with Gasteiger partial charge >= 0.3 is 0 Å². The average molecular weight is 350 g/mol. The number of hydrogen-bond donors (Lipinski definition) is 0. The first kappa shape index (κ1) is 17.4. The molecule has 0 N–H and O–H groups in total. The van der Waals surface area contributed by atoms with Crippen LogP contribution in [-0.4, -0.2) is 27.7 Å². The van der Waals surface area contributed by atoms with Crippen LogP contribution in [-0.2, 0) is 6.54 Å². The van der Waals surface area contributed by atoms with E-state index in [0.29, 0.717) is 10.6 Å². The summed E-state index contributed by atoms with van der Waals surface area (Å²) in [4.78, 5) is 34.0. The van der Waals surface area contributed by atoms with Crippen LogP contribution < -0.4 is 0 Å². The maximum atomic E-state index is 12.4. The topological polar surface area (TPSA) is 107 Å². The normalized spacial score (nSPS) is 10.2. The predicted octanol–water partition coefficient (Wildman–Crippen LogP) is 3.43. The van der Waals surface area contributed by atoms with Gasteiger partial charge in [0.25, 0.3) is 17.3 Å². The number of carbonyl (C=O) groups is 1. The maximum absolute atomic E-state index is 12.4. The molecule has 9 heteroatoms. The van der Waals surface area contributed by atoms with Crippen molar-refractivity contribution in [2.75, 3.05) is 7.05 Å². The molecule has 2 aromatic carbocycles. The molecule has 0 unspecified atom stereocenters. The third kappa shape index (κ3) is 3.85. The summed E-state index contributed by atoms with van der Waals surface area (Å²) in [6, 6.07) is 9.76. The van der Waals surface area contributed by atoms with E-state index < -0.39 is 27.1 Å². The molecule has 0 aliphatic carbocycles. The van der Waals surface area contributed by atoms with E-state index in [9.17, 15) is 25.0 Å². The summed E-state index contributed by atoms with van der Waals surface area (Å²) in [7, 11) is 1.48. The highest BCUT2D eigenvalue weighted by molar-refractivity contribution is 6.31. The molecular formula is C15H12ClN3O5. The highest BCUT2D eigenvalue weighted by Gasteiger charge is 2.22. The summed E-state index contributed by atoms with van der Waals surface area (Å²) in [6.07, 6.45) is 0. The lowest BCUT2D eigenvalue weighted by atomic mass is 10.1. The number of benzene rings is 2. The molecular weight excluding hydrogens is 338 g/mol. The second kappa shape index (κ2) is 7.05. The largest absolute Gasteiger partial charge is 0.337 e. The van der Waals surface area contributed by atoms with E-state index >= 15 is 0 Å². The summed E-state index contributed by atoms with van der Waals surface area (Å²) < 4.78 is 0. The van der Waals surface area contributed by atoms with E-state index in [1.54, 1.807) is 24.3 Å². The Hall–Kier alpha value is -3.00. The van der Waals surface area contributed by atoms with E-state index in [-0.39, 0.29) is 12.1 Å². The lowest BCUT2D eigenvalue weighted by Gasteiger charge is -2.18. The SMILES string of the molecule is CN(Cc1ccccc1Cl)C(=O)c1cc([N+](=O)[O-])cc([N+](=O)[O-])c1. The highest BCUT2D eigenvalue weighted by atomic mass is 35.5. The molecule has 124 valence electrons. The van der Waals surface area contributed by atoms with Crippen LogP contribution in [0.15, 0.2) is 42.5 Å². The van der Waals surface area contributed by atoms with Gasteiger partial charge in [-0.3, -0.25) is 25.0 Å². The van der Waals surface area contributed by atoms with Crippen molar-refractivity contribution < 1.29 is 14.6 Å². The van der Waals surface area contributed by atoms with Gasteiger partial charge in [-0.25, -0.2) is 0 Å². The number of nitro groups is 2. The van der Waals surface area contributed by atoms with Crippen LogP contribution in [0.25, 0.3) is 0 Å². The Labute approximate surface area is 141 Å². The fraction of sp³-hybridized carbons (Fsp3) is 0.133. The number of amides is 1. The van der Waals surface area contributed by atoms with E-state index in [0.717, 1.165) is 18.2 Å². The van der Waals surface area contributed by atoms with Crippen molar-refractivity contribution in [3.8, 4) is 0 Å². The van der Waals surface area contributed by atoms with Crippen molar-refractivity contribution in [2.24, 2.45) is 0 Å². The van der Waals surface area contributed by atoms with Crippen LogP contribution in [0.2, 0.25) is 5.02 Å². The summed E-state index contributed by atoms with van der Waals surface area (Å²) >= 11 is 6.04. The first-order valence-electron chi connectivity index (χ1n) is 6.72. The molecule has 0 spiro atoms. The Kier molecular flexibility index (Phi) is 5.10. The van der Waals surface area contributed by atoms with Crippen molar-refractivity contribution in [2.45, 2.75) is 6.54 Å². The summed E-state index contributed by atoms with van der Waals surface area (Å²) in [5, 5.41) is 22.3. The second-order valence-corrected chi connectivity index (χ2v) is 5.41. The van der Waals surface area contributed by atoms with Gasteiger partial charge in [-0.15, -0.1) is 0 Å². The quantitative estimate of drug-likeness (QED) is 0.607. The Bertz CT molecular complexity index is 792. The molecule has 0 saturated heterocycles. The zero-order valence-corrected chi connectivity index (χ0v) is 13.3. The lowest BCUT2D eigenvalue weighted by molar-refractivity contribution is -0.394. The number of hydrogen-bond acceptors (Lipinski definition) is 5. The standard InChI is InChI=1S/C15H12ClN3O5/c1-17(9-10-4-2-3-5-14(10)16)15(20)11-6-12(18(21)22)8-13(7-11)19(23)24/h2-8H,9H2,1H3. The Balaban J connectivity index is 2.33. The molecule has 0 fully saturated rings. The fourth-order valence-electron chi connectivity index (χ4n) is 2.10. The van der Waals surface area contributed by atoms with Gasteiger partial charge < -0.3 is 4.90 Å². The van der Waals surface area contributed by atoms with E-state index in [4.69, 9.17) is 11.6 Å². The number of rotatable bonds is 5. The molecule has 0 aliphatic heterocycles. The molecule has 0 aliphatic rings. The van der Waals surface area contributed by atoms with Gasteiger partial charge in [0.05, 0.1) is 21.5 Å². The zero-order valence-electron chi connectivity index (χ0n) is 12.5. The summed E-state index contributed by atoms with van der Waals surface area (Å²) in [6.45, 7) is 0.162. The average Bonchev–Trinajstić information content (AvgIpc) is 2.55. The summed E-state index contributed by atoms with van der Waals surface area (Å²) in [5.74, 6) is -0.582. The fourth-order valence-corrected chi connectivity index (χ4v) is 2.30. The van der Waals surface area contributed by atoms with Gasteiger partial charge in [0.1, 0.15) is 0 Å². The van der Waals surface area contributed by atoms with Crippen LogP contribution in [0.4, 0.5) is 11.4 Å². The van der Waals surface area contributed by atoms with Gasteiger partial charge in [0.2, 0.25) is 0 Å². The minimum absolute atomic E-state index is 0.134. The van der Waals surface area contributed by atoms with Crippen molar-refractivity contribution in [1.82, 2.24) is 4.90 Å². The van der Waals surface area contributed by atoms with Crippen molar-refractivity contribution in [1.29, 1.82) is 0 Å². The second-order valence-electron chi connectivity index (χ2n) is 5.00. The number of nitro benzene ring substituents is 2. The summed E-state index contributed by atoms with van der Waals surface area (Å²) in [5.41, 5.74) is -0.474.